The lowest BCUT2D eigenvalue weighted by atomic mass is 9.91. The Kier molecular flexibility index (Phi) is 6.30. The maximum Gasteiger partial charge on any atom is 0.281 e. The average Bonchev–Trinajstić information content (AvgIpc) is 2.75. The van der Waals surface area contributed by atoms with Gasteiger partial charge in [0.1, 0.15) is 11.3 Å². The van der Waals surface area contributed by atoms with E-state index in [1.807, 2.05) is 0 Å². The van der Waals surface area contributed by atoms with Crippen LogP contribution in [0.15, 0.2) is 40.4 Å². The second-order valence-electron chi connectivity index (χ2n) is 8.00. The molecule has 0 unspecified atom stereocenters. The third-order valence-corrected chi connectivity index (χ3v) is 6.43. The predicted molar refractivity (Wildman–Crippen MR) is 119 cm³/mol. The van der Waals surface area contributed by atoms with Gasteiger partial charge in [-0.1, -0.05) is 54.6 Å². The summed E-state index contributed by atoms with van der Waals surface area (Å²) in [6, 6.07) is 6.81. The number of carbonyl (C=O) groups is 2. The van der Waals surface area contributed by atoms with Crippen LogP contribution in [0, 0.1) is 0 Å². The van der Waals surface area contributed by atoms with Gasteiger partial charge in [0.15, 0.2) is 16.6 Å². The zero-order valence-corrected chi connectivity index (χ0v) is 18.4. The molecule has 1 N–H and O–H groups in total. The van der Waals surface area contributed by atoms with Crippen molar-refractivity contribution in [3.05, 3.63) is 61.8 Å². The number of ketones is 2. The minimum atomic E-state index is -0.865. The molecule has 0 spiro atoms. The Morgan fingerprint density at radius 3 is 2.48 bits per heavy atom. The van der Waals surface area contributed by atoms with Crippen molar-refractivity contribution in [1.29, 1.82) is 0 Å². The number of rotatable bonds is 4. The normalized spacial score (nSPS) is 17.8. The molecule has 1 aromatic carbocycles. The second kappa shape index (κ2) is 8.97. The molecule has 2 aliphatic carbocycles. The summed E-state index contributed by atoms with van der Waals surface area (Å²) < 4.78 is 1.54. The maximum atomic E-state index is 13.6. The summed E-state index contributed by atoms with van der Waals surface area (Å²) in [6.07, 6.45) is 5.38. The second-order valence-corrected chi connectivity index (χ2v) is 8.80. The highest BCUT2D eigenvalue weighted by Gasteiger charge is 2.33. The van der Waals surface area contributed by atoms with Crippen LogP contribution in [0.25, 0.3) is 11.3 Å². The van der Waals surface area contributed by atoms with Crippen molar-refractivity contribution < 1.29 is 14.7 Å². The topological polar surface area (TPSA) is 89.3 Å². The number of hydrogen-bond acceptors (Lipinski definition) is 5. The quantitative estimate of drug-likeness (QED) is 0.482. The molecule has 4 rings (SSSR count). The van der Waals surface area contributed by atoms with Crippen LogP contribution >= 0.6 is 23.2 Å². The van der Waals surface area contributed by atoms with E-state index in [1.54, 1.807) is 24.3 Å². The first-order chi connectivity index (χ1) is 14.9. The number of aromatic nitrogens is 2. The van der Waals surface area contributed by atoms with Gasteiger partial charge in [-0.2, -0.15) is 0 Å². The number of aliphatic hydroxyl groups is 1. The molecular formula is C23H22Cl2N2O4. The van der Waals surface area contributed by atoms with Gasteiger partial charge < -0.3 is 9.67 Å². The van der Waals surface area contributed by atoms with Gasteiger partial charge in [0.05, 0.1) is 5.69 Å². The maximum absolute atomic E-state index is 13.6. The Morgan fingerprint density at radius 1 is 1.06 bits per heavy atom. The Hall–Kier alpha value is -2.44. The number of nitrogens with zero attached hydrogens (tertiary/aromatic N) is 2. The predicted octanol–water partition coefficient (Wildman–Crippen LogP) is 5.47. The Bertz CT molecular complexity index is 1150. The zero-order chi connectivity index (χ0) is 22.1. The molecule has 1 heterocycles. The molecule has 162 valence electrons. The summed E-state index contributed by atoms with van der Waals surface area (Å²) in [5, 5.41) is 10.6. The van der Waals surface area contributed by atoms with E-state index in [4.69, 9.17) is 23.2 Å². The third-order valence-electron chi connectivity index (χ3n) is 5.93. The van der Waals surface area contributed by atoms with Crippen LogP contribution in [0.4, 0.5) is 0 Å². The highest BCUT2D eigenvalue weighted by molar-refractivity contribution is 6.33. The molecule has 1 aromatic heterocycles. The number of halogens is 2. The molecule has 0 atom stereocenters. The summed E-state index contributed by atoms with van der Waals surface area (Å²) in [6.45, 7) is 0. The number of Topliss-reactive ketones (excluding diaryl/α,β-unsaturated/α-hetero) is 2. The molecule has 0 saturated heterocycles. The fraction of sp³-hybridized carbons (Fsp3) is 0.391. The lowest BCUT2D eigenvalue weighted by molar-refractivity contribution is -0.116. The van der Waals surface area contributed by atoms with Crippen LogP contribution in [0.3, 0.4) is 0 Å². The highest BCUT2D eigenvalue weighted by atomic mass is 35.5. The lowest BCUT2D eigenvalue weighted by Gasteiger charge is -2.27. The van der Waals surface area contributed by atoms with E-state index >= 15 is 0 Å². The standard InChI is InChI=1S/C23H22Cl2N2O4/c24-14-7-4-6-13(12-14)20-22(25)26-19(21(30)18-16(28)10-5-11-17(18)29)23(31)27(20)15-8-2-1-3-9-15/h4,6-7,12,15,28H,1-3,5,8-11H2. The summed E-state index contributed by atoms with van der Waals surface area (Å²) in [5.41, 5.74) is -0.348. The van der Waals surface area contributed by atoms with Crippen molar-refractivity contribution in [2.45, 2.75) is 57.4 Å². The van der Waals surface area contributed by atoms with E-state index in [-0.39, 0.29) is 35.4 Å². The zero-order valence-electron chi connectivity index (χ0n) is 16.9. The number of allylic oxidation sites excluding steroid dienone is 2. The molecule has 0 amide bonds. The van der Waals surface area contributed by atoms with Crippen LogP contribution in [0.1, 0.15) is 67.9 Å². The molecule has 1 saturated carbocycles. The lowest BCUT2D eigenvalue weighted by Crippen LogP contribution is -2.35. The van der Waals surface area contributed by atoms with Crippen LogP contribution in [-0.2, 0) is 4.79 Å². The summed E-state index contributed by atoms with van der Waals surface area (Å²) >= 11 is 12.7. The van der Waals surface area contributed by atoms with E-state index in [0.29, 0.717) is 22.7 Å². The first kappa shape index (κ1) is 21.8. The van der Waals surface area contributed by atoms with E-state index in [1.165, 1.54) is 4.57 Å². The van der Waals surface area contributed by atoms with E-state index < -0.39 is 22.8 Å². The monoisotopic (exact) mass is 460 g/mol. The fourth-order valence-electron chi connectivity index (χ4n) is 4.45. The molecule has 2 aromatic rings. The van der Waals surface area contributed by atoms with Crippen molar-refractivity contribution >= 4 is 34.8 Å². The summed E-state index contributed by atoms with van der Waals surface area (Å²) in [4.78, 5) is 43.1. The average molecular weight is 461 g/mol. The third kappa shape index (κ3) is 4.19. The fourth-order valence-corrected chi connectivity index (χ4v) is 4.92. The Morgan fingerprint density at radius 2 is 1.81 bits per heavy atom. The van der Waals surface area contributed by atoms with Crippen molar-refractivity contribution in [1.82, 2.24) is 9.55 Å². The van der Waals surface area contributed by atoms with Gasteiger partial charge in [0, 0.05) is 29.5 Å². The van der Waals surface area contributed by atoms with Gasteiger partial charge in [0.25, 0.3) is 5.56 Å². The summed E-state index contributed by atoms with van der Waals surface area (Å²) in [5.74, 6) is -1.63. The van der Waals surface area contributed by atoms with Gasteiger partial charge in [-0.3, -0.25) is 14.4 Å². The van der Waals surface area contributed by atoms with Gasteiger partial charge in [-0.15, -0.1) is 0 Å². The molecule has 1 fully saturated rings. The van der Waals surface area contributed by atoms with Crippen LogP contribution < -0.4 is 5.56 Å². The molecule has 0 radical (unpaired) electrons. The minimum absolute atomic E-state index is 0.0147. The largest absolute Gasteiger partial charge is 0.511 e. The molecule has 2 aliphatic rings. The Labute approximate surface area is 189 Å². The molecular weight excluding hydrogens is 439 g/mol. The van der Waals surface area contributed by atoms with E-state index in [9.17, 15) is 19.5 Å². The van der Waals surface area contributed by atoms with Gasteiger partial charge in [-0.05, 0) is 31.4 Å². The van der Waals surface area contributed by atoms with Crippen molar-refractivity contribution in [3.8, 4) is 11.3 Å². The molecule has 0 aliphatic heterocycles. The van der Waals surface area contributed by atoms with Crippen LogP contribution in [0.5, 0.6) is 0 Å². The molecule has 8 heteroatoms. The summed E-state index contributed by atoms with van der Waals surface area (Å²) in [7, 11) is 0. The number of carbonyl (C=O) groups excluding carboxylic acids is 2. The van der Waals surface area contributed by atoms with Crippen molar-refractivity contribution in [2.24, 2.45) is 0 Å². The molecule has 6 nitrogen and oxygen atoms in total. The van der Waals surface area contributed by atoms with Crippen LogP contribution in [-0.4, -0.2) is 26.2 Å². The smallest absolute Gasteiger partial charge is 0.281 e. The van der Waals surface area contributed by atoms with Gasteiger partial charge in [0.2, 0.25) is 5.78 Å². The number of benzene rings is 1. The van der Waals surface area contributed by atoms with E-state index in [0.717, 1.165) is 32.1 Å². The number of hydrogen-bond donors (Lipinski definition) is 1. The van der Waals surface area contributed by atoms with Gasteiger partial charge >= 0.3 is 0 Å². The molecule has 0 bridgehead atoms. The Balaban J connectivity index is 1.93. The van der Waals surface area contributed by atoms with Crippen LogP contribution in [0.2, 0.25) is 10.2 Å². The first-order valence-electron chi connectivity index (χ1n) is 10.5. The van der Waals surface area contributed by atoms with Crippen molar-refractivity contribution in [3.63, 3.8) is 0 Å². The van der Waals surface area contributed by atoms with Crippen molar-refractivity contribution in [2.75, 3.05) is 0 Å². The molecule has 31 heavy (non-hydrogen) atoms. The number of aliphatic hydroxyl groups excluding tert-OH is 1. The SMILES string of the molecule is O=C1CCCC(O)=C1C(=O)c1nc(Cl)c(-c2cccc(Cl)c2)n(C2CCCCC2)c1=O. The first-order valence-corrected chi connectivity index (χ1v) is 11.2. The minimum Gasteiger partial charge on any atom is -0.511 e. The highest BCUT2D eigenvalue weighted by Crippen LogP contribution is 2.35. The van der Waals surface area contributed by atoms with Gasteiger partial charge in [-0.25, -0.2) is 4.98 Å². The van der Waals surface area contributed by atoms with E-state index in [2.05, 4.69) is 4.98 Å².